The van der Waals surface area contributed by atoms with Gasteiger partial charge in [-0.1, -0.05) is 6.92 Å². The zero-order valence-corrected chi connectivity index (χ0v) is 11.0. The predicted octanol–water partition coefficient (Wildman–Crippen LogP) is 1.97. The van der Waals surface area contributed by atoms with Gasteiger partial charge in [-0.15, -0.1) is 5.10 Å². The van der Waals surface area contributed by atoms with Crippen LogP contribution >= 0.6 is 11.8 Å². The van der Waals surface area contributed by atoms with E-state index in [0.29, 0.717) is 11.3 Å². The smallest absolute Gasteiger partial charge is 0.143 e. The summed E-state index contributed by atoms with van der Waals surface area (Å²) in [5.41, 5.74) is 2.13. The SMILES string of the molecule is CC1SCCC1Nc1ccc(-n2cnnn2)cc1. The summed E-state index contributed by atoms with van der Waals surface area (Å²) in [6, 6.07) is 8.77. The number of rotatable bonds is 3. The molecule has 6 heteroatoms. The van der Waals surface area contributed by atoms with Gasteiger partial charge in [0.1, 0.15) is 6.33 Å². The van der Waals surface area contributed by atoms with Gasteiger partial charge in [-0.25, -0.2) is 4.68 Å². The van der Waals surface area contributed by atoms with Crippen LogP contribution in [0, 0.1) is 0 Å². The molecule has 0 bridgehead atoms. The molecule has 0 amide bonds. The monoisotopic (exact) mass is 261 g/mol. The number of hydrogen-bond donors (Lipinski definition) is 1. The minimum Gasteiger partial charge on any atom is -0.381 e. The third-order valence-corrected chi connectivity index (χ3v) is 4.53. The maximum absolute atomic E-state index is 3.86. The molecule has 2 aromatic rings. The Labute approximate surface area is 110 Å². The fourth-order valence-corrected chi connectivity index (χ4v) is 3.32. The lowest BCUT2D eigenvalue weighted by Gasteiger charge is -2.17. The van der Waals surface area contributed by atoms with Crippen molar-refractivity contribution in [3.05, 3.63) is 30.6 Å². The van der Waals surface area contributed by atoms with E-state index in [1.807, 2.05) is 23.9 Å². The largest absolute Gasteiger partial charge is 0.381 e. The molecule has 2 heterocycles. The number of benzene rings is 1. The average molecular weight is 261 g/mol. The summed E-state index contributed by atoms with van der Waals surface area (Å²) >= 11 is 2.03. The van der Waals surface area contributed by atoms with Crippen molar-refractivity contribution >= 4 is 17.4 Å². The predicted molar refractivity (Wildman–Crippen MR) is 73.1 cm³/mol. The van der Waals surface area contributed by atoms with E-state index in [9.17, 15) is 0 Å². The second kappa shape index (κ2) is 4.97. The van der Waals surface area contributed by atoms with E-state index in [1.54, 1.807) is 11.0 Å². The van der Waals surface area contributed by atoms with Gasteiger partial charge in [0.15, 0.2) is 0 Å². The molecule has 1 aromatic heterocycles. The Morgan fingerprint density at radius 3 is 2.78 bits per heavy atom. The first-order valence-electron chi connectivity index (χ1n) is 6.04. The first-order valence-corrected chi connectivity index (χ1v) is 7.09. The van der Waals surface area contributed by atoms with Crippen molar-refractivity contribution in [2.45, 2.75) is 24.6 Å². The quantitative estimate of drug-likeness (QED) is 0.915. The number of aromatic nitrogens is 4. The van der Waals surface area contributed by atoms with Crippen LogP contribution < -0.4 is 5.32 Å². The molecule has 0 saturated carbocycles. The Hall–Kier alpha value is -1.56. The van der Waals surface area contributed by atoms with Crippen molar-refractivity contribution in [1.82, 2.24) is 20.2 Å². The zero-order valence-electron chi connectivity index (χ0n) is 10.2. The summed E-state index contributed by atoms with van der Waals surface area (Å²) in [6.07, 6.45) is 2.83. The molecule has 1 saturated heterocycles. The Morgan fingerprint density at radius 2 is 2.17 bits per heavy atom. The van der Waals surface area contributed by atoms with Gasteiger partial charge in [-0.3, -0.25) is 0 Å². The highest BCUT2D eigenvalue weighted by atomic mass is 32.2. The maximum atomic E-state index is 3.86. The number of tetrazole rings is 1. The van der Waals surface area contributed by atoms with E-state index in [-0.39, 0.29) is 0 Å². The normalized spacial score (nSPS) is 23.2. The van der Waals surface area contributed by atoms with Gasteiger partial charge in [0, 0.05) is 17.0 Å². The van der Waals surface area contributed by atoms with Crippen LogP contribution in [0.2, 0.25) is 0 Å². The minimum atomic E-state index is 0.578. The van der Waals surface area contributed by atoms with Gasteiger partial charge in [0.25, 0.3) is 0 Å². The van der Waals surface area contributed by atoms with Crippen LogP contribution in [0.1, 0.15) is 13.3 Å². The second-order valence-corrected chi connectivity index (χ2v) is 5.90. The Morgan fingerprint density at radius 1 is 1.33 bits per heavy atom. The molecule has 5 nitrogen and oxygen atoms in total. The summed E-state index contributed by atoms with van der Waals surface area (Å²) in [4.78, 5) is 0. The third-order valence-electron chi connectivity index (χ3n) is 3.21. The molecular weight excluding hydrogens is 246 g/mol. The van der Waals surface area contributed by atoms with E-state index in [4.69, 9.17) is 0 Å². The highest BCUT2D eigenvalue weighted by molar-refractivity contribution is 8.00. The molecule has 3 rings (SSSR count). The van der Waals surface area contributed by atoms with Gasteiger partial charge in [-0.05, 0) is 46.9 Å². The average Bonchev–Trinajstić information content (AvgIpc) is 3.03. The van der Waals surface area contributed by atoms with E-state index < -0.39 is 0 Å². The fraction of sp³-hybridized carbons (Fsp3) is 0.417. The Bertz CT molecular complexity index is 496. The summed E-state index contributed by atoms with van der Waals surface area (Å²) in [5.74, 6) is 1.25. The number of hydrogen-bond acceptors (Lipinski definition) is 5. The highest BCUT2D eigenvalue weighted by Crippen LogP contribution is 2.28. The van der Waals surface area contributed by atoms with Crippen molar-refractivity contribution in [3.8, 4) is 5.69 Å². The summed E-state index contributed by atoms with van der Waals surface area (Å²) in [5, 5.41) is 15.4. The van der Waals surface area contributed by atoms with E-state index in [0.717, 1.165) is 11.4 Å². The van der Waals surface area contributed by atoms with Crippen LogP contribution in [-0.2, 0) is 0 Å². The van der Waals surface area contributed by atoms with Crippen LogP contribution in [-0.4, -0.2) is 37.3 Å². The summed E-state index contributed by atoms with van der Waals surface area (Å²) < 4.78 is 1.65. The van der Waals surface area contributed by atoms with Crippen LogP contribution in [0.15, 0.2) is 30.6 Å². The Kier molecular flexibility index (Phi) is 3.19. The molecule has 0 aliphatic carbocycles. The number of thioether (sulfide) groups is 1. The topological polar surface area (TPSA) is 55.6 Å². The van der Waals surface area contributed by atoms with Crippen molar-refractivity contribution in [3.63, 3.8) is 0 Å². The molecule has 2 unspecified atom stereocenters. The van der Waals surface area contributed by atoms with Gasteiger partial charge < -0.3 is 5.32 Å². The number of nitrogens with one attached hydrogen (secondary N) is 1. The summed E-state index contributed by atoms with van der Waals surface area (Å²) in [6.45, 7) is 2.28. The lowest BCUT2D eigenvalue weighted by atomic mass is 10.1. The number of nitrogens with zero attached hydrogens (tertiary/aromatic N) is 4. The molecule has 94 valence electrons. The highest BCUT2D eigenvalue weighted by Gasteiger charge is 2.23. The van der Waals surface area contributed by atoms with Gasteiger partial charge in [-0.2, -0.15) is 11.8 Å². The third kappa shape index (κ3) is 2.33. The molecule has 18 heavy (non-hydrogen) atoms. The van der Waals surface area contributed by atoms with E-state index in [1.165, 1.54) is 12.2 Å². The standard InChI is InChI=1S/C12H15N5S/c1-9-12(6-7-18-9)14-10-2-4-11(5-3-10)17-8-13-15-16-17/h2-5,8-9,12,14H,6-7H2,1H3. The van der Waals surface area contributed by atoms with Crippen LogP contribution in [0.25, 0.3) is 5.69 Å². The lowest BCUT2D eigenvalue weighted by molar-refractivity contribution is 0.724. The van der Waals surface area contributed by atoms with E-state index >= 15 is 0 Å². The first-order chi connectivity index (χ1) is 8.83. The van der Waals surface area contributed by atoms with Crippen molar-refractivity contribution in [1.29, 1.82) is 0 Å². The van der Waals surface area contributed by atoms with Crippen molar-refractivity contribution in [2.75, 3.05) is 11.1 Å². The minimum absolute atomic E-state index is 0.578. The molecule has 1 aliphatic heterocycles. The number of anilines is 1. The molecule has 1 aromatic carbocycles. The molecule has 0 radical (unpaired) electrons. The summed E-state index contributed by atoms with van der Waals surface area (Å²) in [7, 11) is 0. The van der Waals surface area contributed by atoms with Crippen LogP contribution in [0.3, 0.4) is 0 Å². The van der Waals surface area contributed by atoms with Crippen LogP contribution in [0.5, 0.6) is 0 Å². The molecule has 2 atom stereocenters. The molecule has 1 fully saturated rings. The van der Waals surface area contributed by atoms with Gasteiger partial charge in [0.05, 0.1) is 5.69 Å². The fourth-order valence-electron chi connectivity index (χ4n) is 2.13. The zero-order chi connectivity index (χ0) is 12.4. The van der Waals surface area contributed by atoms with Crippen molar-refractivity contribution in [2.24, 2.45) is 0 Å². The van der Waals surface area contributed by atoms with Gasteiger partial charge >= 0.3 is 0 Å². The molecule has 0 spiro atoms. The molecular formula is C12H15N5S. The second-order valence-electron chi connectivity index (χ2n) is 4.42. The maximum Gasteiger partial charge on any atom is 0.143 e. The Balaban J connectivity index is 1.71. The van der Waals surface area contributed by atoms with Gasteiger partial charge in [0.2, 0.25) is 0 Å². The molecule has 1 N–H and O–H groups in total. The van der Waals surface area contributed by atoms with E-state index in [2.05, 4.69) is 39.9 Å². The van der Waals surface area contributed by atoms with Crippen LogP contribution in [0.4, 0.5) is 5.69 Å². The molecule has 1 aliphatic rings. The lowest BCUT2D eigenvalue weighted by Crippen LogP contribution is -2.24. The van der Waals surface area contributed by atoms with Crippen molar-refractivity contribution < 1.29 is 0 Å². The first kappa shape index (κ1) is 11.5.